The highest BCUT2D eigenvalue weighted by molar-refractivity contribution is 6.18. The molecule has 0 amide bonds. The molecule has 1 aromatic carbocycles. The normalized spacial score (nSPS) is 9.70. The number of aryl methyl sites for hydroxylation is 1. The van der Waals surface area contributed by atoms with Gasteiger partial charge in [0.05, 0.1) is 0 Å². The van der Waals surface area contributed by atoms with Crippen molar-refractivity contribution in [2.24, 2.45) is 0 Å². The summed E-state index contributed by atoms with van der Waals surface area (Å²) in [5.41, 5.74) is 3.17. The fourth-order valence-corrected chi connectivity index (χ4v) is 1.84. The molecule has 20 heavy (non-hydrogen) atoms. The van der Waals surface area contributed by atoms with Crippen LogP contribution in [0.1, 0.15) is 23.1 Å². The molecule has 1 heterocycles. The van der Waals surface area contributed by atoms with Crippen LogP contribution in [-0.2, 0) is 6.61 Å². The van der Waals surface area contributed by atoms with E-state index in [1.165, 1.54) is 0 Å². The zero-order valence-electron chi connectivity index (χ0n) is 11.4. The summed E-state index contributed by atoms with van der Waals surface area (Å²) in [5, 5.41) is 0. The summed E-state index contributed by atoms with van der Waals surface area (Å²) >= 11 is 5.60. The van der Waals surface area contributed by atoms with E-state index in [4.69, 9.17) is 16.3 Å². The quantitative estimate of drug-likeness (QED) is 0.627. The lowest BCUT2D eigenvalue weighted by Gasteiger charge is -2.09. The lowest BCUT2D eigenvalue weighted by atomic mass is 10.1. The Labute approximate surface area is 124 Å². The second kappa shape index (κ2) is 7.57. The minimum atomic E-state index is 0.542. The zero-order valence-corrected chi connectivity index (χ0v) is 12.2. The van der Waals surface area contributed by atoms with E-state index in [1.54, 1.807) is 12.4 Å². The van der Waals surface area contributed by atoms with E-state index in [0.717, 1.165) is 22.4 Å². The first-order chi connectivity index (χ1) is 9.79. The van der Waals surface area contributed by atoms with Crippen LogP contribution in [-0.4, -0.2) is 10.9 Å². The number of ether oxygens (including phenoxy) is 1. The van der Waals surface area contributed by atoms with Gasteiger partial charge < -0.3 is 4.74 Å². The summed E-state index contributed by atoms with van der Waals surface area (Å²) in [5.74, 6) is 7.56. The van der Waals surface area contributed by atoms with E-state index in [1.807, 2.05) is 37.3 Å². The van der Waals surface area contributed by atoms with Gasteiger partial charge in [0.2, 0.25) is 0 Å². The molecule has 2 rings (SSSR count). The third-order valence-corrected chi connectivity index (χ3v) is 2.96. The van der Waals surface area contributed by atoms with Gasteiger partial charge in [-0.05, 0) is 48.4 Å². The standard InChI is InChI=1S/C17H16ClNO/c1-14-12-15(4-2-3-9-18)5-6-17(14)20-13-16-7-10-19-11-8-16/h5-8,10-12H,3,9,13H2,1H3. The summed E-state index contributed by atoms with van der Waals surface area (Å²) in [7, 11) is 0. The average Bonchev–Trinajstić information content (AvgIpc) is 2.48. The summed E-state index contributed by atoms with van der Waals surface area (Å²) in [6.45, 7) is 2.56. The Bertz CT molecular complexity index is 614. The van der Waals surface area contributed by atoms with E-state index in [0.29, 0.717) is 18.9 Å². The summed E-state index contributed by atoms with van der Waals surface area (Å²) in [4.78, 5) is 3.98. The van der Waals surface area contributed by atoms with Crippen molar-refractivity contribution in [1.29, 1.82) is 0 Å². The number of halogens is 1. The number of alkyl halides is 1. The Morgan fingerprint density at radius 2 is 2.00 bits per heavy atom. The molecule has 0 bridgehead atoms. The van der Waals surface area contributed by atoms with Crippen LogP contribution >= 0.6 is 11.6 Å². The lowest BCUT2D eigenvalue weighted by molar-refractivity contribution is 0.304. The Morgan fingerprint density at radius 3 is 2.70 bits per heavy atom. The molecule has 0 unspecified atom stereocenters. The van der Waals surface area contributed by atoms with Crippen LogP contribution in [0.4, 0.5) is 0 Å². The Balaban J connectivity index is 2.01. The molecule has 2 aromatic rings. The predicted octanol–water partition coefficient (Wildman–Crippen LogP) is 3.95. The van der Waals surface area contributed by atoms with Gasteiger partial charge in [-0.25, -0.2) is 0 Å². The van der Waals surface area contributed by atoms with Gasteiger partial charge in [-0.2, -0.15) is 0 Å². The number of aromatic nitrogens is 1. The maximum Gasteiger partial charge on any atom is 0.122 e. The molecule has 0 aliphatic rings. The molecule has 0 spiro atoms. The van der Waals surface area contributed by atoms with Crippen LogP contribution in [0.25, 0.3) is 0 Å². The number of hydrogen-bond acceptors (Lipinski definition) is 2. The SMILES string of the molecule is Cc1cc(C#CCCCl)ccc1OCc1ccncc1. The summed E-state index contributed by atoms with van der Waals surface area (Å²) in [6, 6.07) is 9.85. The van der Waals surface area contributed by atoms with Crippen molar-refractivity contribution in [3.05, 3.63) is 59.4 Å². The Kier molecular flexibility index (Phi) is 5.46. The van der Waals surface area contributed by atoms with Crippen molar-refractivity contribution >= 4 is 11.6 Å². The molecule has 0 N–H and O–H groups in total. The molecule has 0 saturated carbocycles. The molecule has 0 saturated heterocycles. The van der Waals surface area contributed by atoms with Crippen LogP contribution in [0.3, 0.4) is 0 Å². The van der Waals surface area contributed by atoms with Crippen molar-refractivity contribution in [2.45, 2.75) is 20.0 Å². The topological polar surface area (TPSA) is 22.1 Å². The number of pyridine rings is 1. The van der Waals surface area contributed by atoms with Crippen molar-refractivity contribution in [3.63, 3.8) is 0 Å². The average molecular weight is 286 g/mol. The van der Waals surface area contributed by atoms with Crippen LogP contribution in [0.5, 0.6) is 5.75 Å². The first kappa shape index (κ1) is 14.4. The Morgan fingerprint density at radius 1 is 1.20 bits per heavy atom. The maximum atomic E-state index is 5.81. The molecule has 3 heteroatoms. The molecule has 0 aliphatic heterocycles. The first-order valence-corrected chi connectivity index (χ1v) is 7.00. The smallest absolute Gasteiger partial charge is 0.122 e. The Hall–Kier alpha value is -1.98. The van der Waals surface area contributed by atoms with Gasteiger partial charge in [-0.1, -0.05) is 11.8 Å². The van der Waals surface area contributed by atoms with E-state index in [9.17, 15) is 0 Å². The van der Waals surface area contributed by atoms with E-state index < -0.39 is 0 Å². The monoisotopic (exact) mass is 285 g/mol. The van der Waals surface area contributed by atoms with Crippen molar-refractivity contribution in [1.82, 2.24) is 4.98 Å². The molecule has 0 fully saturated rings. The zero-order chi connectivity index (χ0) is 14.2. The molecular weight excluding hydrogens is 270 g/mol. The number of rotatable bonds is 4. The highest BCUT2D eigenvalue weighted by Crippen LogP contribution is 2.20. The molecule has 102 valence electrons. The summed E-state index contributed by atoms with van der Waals surface area (Å²) in [6.07, 6.45) is 4.24. The van der Waals surface area contributed by atoms with Gasteiger partial charge in [0.25, 0.3) is 0 Å². The van der Waals surface area contributed by atoms with Gasteiger partial charge in [0.15, 0.2) is 0 Å². The van der Waals surface area contributed by atoms with Gasteiger partial charge in [-0.3, -0.25) is 4.98 Å². The van der Waals surface area contributed by atoms with Crippen molar-refractivity contribution < 1.29 is 4.74 Å². The number of nitrogens with zero attached hydrogens (tertiary/aromatic N) is 1. The van der Waals surface area contributed by atoms with Crippen LogP contribution in [0.2, 0.25) is 0 Å². The van der Waals surface area contributed by atoms with Crippen LogP contribution in [0, 0.1) is 18.8 Å². The van der Waals surface area contributed by atoms with Crippen LogP contribution < -0.4 is 4.74 Å². The molecular formula is C17H16ClNO. The maximum absolute atomic E-state index is 5.81. The van der Waals surface area contributed by atoms with Gasteiger partial charge in [-0.15, -0.1) is 11.6 Å². The van der Waals surface area contributed by atoms with Gasteiger partial charge >= 0.3 is 0 Å². The van der Waals surface area contributed by atoms with E-state index in [-0.39, 0.29) is 0 Å². The highest BCUT2D eigenvalue weighted by Gasteiger charge is 2.01. The summed E-state index contributed by atoms with van der Waals surface area (Å²) < 4.78 is 5.81. The predicted molar refractivity (Wildman–Crippen MR) is 82.0 cm³/mol. The molecule has 0 aliphatic carbocycles. The third kappa shape index (κ3) is 4.29. The molecule has 0 atom stereocenters. The second-order valence-corrected chi connectivity index (χ2v) is 4.74. The number of hydrogen-bond donors (Lipinski definition) is 0. The van der Waals surface area contributed by atoms with Crippen molar-refractivity contribution in [2.75, 3.05) is 5.88 Å². The third-order valence-electron chi connectivity index (χ3n) is 2.77. The van der Waals surface area contributed by atoms with Crippen LogP contribution in [0.15, 0.2) is 42.7 Å². The number of benzene rings is 1. The van der Waals surface area contributed by atoms with Gasteiger partial charge in [0, 0.05) is 30.3 Å². The molecule has 0 radical (unpaired) electrons. The van der Waals surface area contributed by atoms with Crippen molar-refractivity contribution in [3.8, 4) is 17.6 Å². The fraction of sp³-hybridized carbons (Fsp3) is 0.235. The largest absolute Gasteiger partial charge is 0.489 e. The van der Waals surface area contributed by atoms with E-state index >= 15 is 0 Å². The second-order valence-electron chi connectivity index (χ2n) is 4.37. The van der Waals surface area contributed by atoms with E-state index in [2.05, 4.69) is 16.8 Å². The minimum Gasteiger partial charge on any atom is -0.489 e. The first-order valence-electron chi connectivity index (χ1n) is 6.47. The van der Waals surface area contributed by atoms with Gasteiger partial charge in [0.1, 0.15) is 12.4 Å². The molecule has 2 nitrogen and oxygen atoms in total. The highest BCUT2D eigenvalue weighted by atomic mass is 35.5. The minimum absolute atomic E-state index is 0.542. The lowest BCUT2D eigenvalue weighted by Crippen LogP contribution is -1.97. The molecule has 1 aromatic heterocycles. The fourth-order valence-electron chi connectivity index (χ4n) is 1.74.